The predicted molar refractivity (Wildman–Crippen MR) is 114 cm³/mol. The molecule has 1 amide bonds. The van der Waals surface area contributed by atoms with Crippen molar-refractivity contribution in [3.05, 3.63) is 48.0 Å². The van der Waals surface area contributed by atoms with Crippen LogP contribution >= 0.6 is 0 Å². The first-order valence-electron chi connectivity index (χ1n) is 10.2. The fourth-order valence-electron chi connectivity index (χ4n) is 3.54. The lowest BCUT2D eigenvalue weighted by Crippen LogP contribution is -2.51. The van der Waals surface area contributed by atoms with E-state index in [1.165, 1.54) is 16.4 Å². The summed E-state index contributed by atoms with van der Waals surface area (Å²) in [6, 6.07) is 13.7. The average molecular weight is 458 g/mol. The van der Waals surface area contributed by atoms with E-state index < -0.39 is 10.0 Å². The lowest BCUT2D eigenvalue weighted by Gasteiger charge is -2.34. The lowest BCUT2D eigenvalue weighted by molar-refractivity contribution is -0.134. The maximum Gasteiger partial charge on any atom is 0.260 e. The molecule has 0 atom stereocenters. The van der Waals surface area contributed by atoms with Crippen molar-refractivity contribution in [3.8, 4) is 23.3 Å². The number of ether oxygens (including phenoxy) is 3. The number of hydrogen-bond acceptors (Lipinski definition) is 7. The van der Waals surface area contributed by atoms with Gasteiger partial charge < -0.3 is 19.1 Å². The quantitative estimate of drug-likeness (QED) is 0.646. The van der Waals surface area contributed by atoms with Crippen LogP contribution in [0.15, 0.2) is 47.4 Å². The Bertz CT molecular complexity index is 1120. The number of nitrogens with zero attached hydrogens (tertiary/aromatic N) is 3. The van der Waals surface area contributed by atoms with Gasteiger partial charge in [-0.25, -0.2) is 8.42 Å². The van der Waals surface area contributed by atoms with Gasteiger partial charge in [0.05, 0.1) is 17.4 Å². The minimum atomic E-state index is -3.70. The summed E-state index contributed by atoms with van der Waals surface area (Å²) in [5.41, 5.74) is 0.876. The molecule has 0 spiro atoms. The molecule has 0 saturated carbocycles. The van der Waals surface area contributed by atoms with Crippen LogP contribution in [-0.2, 0) is 21.2 Å². The van der Waals surface area contributed by atoms with Gasteiger partial charge in [-0.15, -0.1) is 0 Å². The average Bonchev–Trinajstić information content (AvgIpc) is 2.83. The predicted octanol–water partition coefficient (Wildman–Crippen LogP) is 1.44. The number of hydrogen-bond donors (Lipinski definition) is 0. The summed E-state index contributed by atoms with van der Waals surface area (Å²) in [6.45, 7) is 1.65. The molecule has 0 radical (unpaired) electrons. The highest BCUT2D eigenvalue weighted by Crippen LogP contribution is 2.33. The molecule has 0 bridgehead atoms. The molecule has 1 fully saturated rings. The Labute approximate surface area is 186 Å². The second-order valence-corrected chi connectivity index (χ2v) is 9.30. The molecule has 2 heterocycles. The van der Waals surface area contributed by atoms with Crippen molar-refractivity contribution in [2.75, 3.05) is 46.0 Å². The van der Waals surface area contributed by atoms with Gasteiger partial charge in [0.15, 0.2) is 18.1 Å². The van der Waals surface area contributed by atoms with Gasteiger partial charge in [0.1, 0.15) is 19.0 Å². The van der Waals surface area contributed by atoms with Crippen molar-refractivity contribution >= 4 is 15.9 Å². The summed E-state index contributed by atoms with van der Waals surface area (Å²) >= 11 is 0. The van der Waals surface area contributed by atoms with Crippen LogP contribution in [0.5, 0.6) is 17.2 Å². The zero-order valence-electron chi connectivity index (χ0n) is 17.4. The van der Waals surface area contributed by atoms with Gasteiger partial charge in [-0.1, -0.05) is 12.1 Å². The number of nitriles is 1. The number of piperazine rings is 1. The number of amides is 1. The van der Waals surface area contributed by atoms with E-state index >= 15 is 0 Å². The van der Waals surface area contributed by atoms with Gasteiger partial charge in [-0.05, 0) is 29.8 Å². The zero-order chi connectivity index (χ0) is 22.6. The van der Waals surface area contributed by atoms with Crippen molar-refractivity contribution in [2.24, 2.45) is 0 Å². The highest BCUT2D eigenvalue weighted by molar-refractivity contribution is 7.89. The van der Waals surface area contributed by atoms with Gasteiger partial charge in [0, 0.05) is 32.2 Å². The first-order chi connectivity index (χ1) is 15.5. The third kappa shape index (κ3) is 4.79. The molecule has 32 heavy (non-hydrogen) atoms. The van der Waals surface area contributed by atoms with Gasteiger partial charge in [0.2, 0.25) is 10.0 Å². The van der Waals surface area contributed by atoms with Crippen molar-refractivity contribution in [2.45, 2.75) is 11.3 Å². The first kappa shape index (κ1) is 21.9. The standard InChI is InChI=1S/C22H23N3O6S/c23-8-7-17-1-3-18(4-2-17)31-16-22(26)24-9-11-25(12-10-24)32(27,28)19-5-6-20-21(15-19)30-14-13-29-20/h1-6,15H,7,9-14,16H2. The largest absolute Gasteiger partial charge is 0.486 e. The number of carbonyl (C=O) groups excluding carboxylic acids is 1. The van der Waals surface area contributed by atoms with Crippen LogP contribution in [0.1, 0.15) is 5.56 Å². The van der Waals surface area contributed by atoms with Crippen LogP contribution in [-0.4, -0.2) is 69.5 Å². The summed E-state index contributed by atoms with van der Waals surface area (Å²) in [6.07, 6.45) is 0.318. The fraction of sp³-hybridized carbons (Fsp3) is 0.364. The number of benzene rings is 2. The highest BCUT2D eigenvalue weighted by Gasteiger charge is 2.31. The van der Waals surface area contributed by atoms with Crippen molar-refractivity contribution in [1.29, 1.82) is 5.26 Å². The minimum absolute atomic E-state index is 0.132. The van der Waals surface area contributed by atoms with E-state index in [0.29, 0.717) is 36.9 Å². The normalized spacial score (nSPS) is 16.3. The Kier molecular flexibility index (Phi) is 6.48. The van der Waals surface area contributed by atoms with Crippen LogP contribution in [0, 0.1) is 11.3 Å². The Morgan fingerprint density at radius 2 is 1.69 bits per heavy atom. The monoisotopic (exact) mass is 457 g/mol. The van der Waals surface area contributed by atoms with Gasteiger partial charge in [-0.2, -0.15) is 9.57 Å². The molecule has 10 heteroatoms. The second-order valence-electron chi connectivity index (χ2n) is 7.36. The Balaban J connectivity index is 1.31. The van der Waals surface area contributed by atoms with Gasteiger partial charge >= 0.3 is 0 Å². The van der Waals surface area contributed by atoms with Crippen molar-refractivity contribution in [1.82, 2.24) is 9.21 Å². The molecule has 4 rings (SSSR count). The Hall–Kier alpha value is -3.29. The molecule has 2 aromatic carbocycles. The van der Waals surface area contributed by atoms with Crippen LogP contribution in [0.3, 0.4) is 0 Å². The number of sulfonamides is 1. The third-order valence-corrected chi connectivity index (χ3v) is 7.21. The molecule has 0 N–H and O–H groups in total. The maximum absolute atomic E-state index is 13.0. The van der Waals surface area contributed by atoms with E-state index in [1.807, 2.05) is 0 Å². The second kappa shape index (κ2) is 9.46. The first-order valence-corrected chi connectivity index (χ1v) is 11.7. The molecule has 1 saturated heterocycles. The maximum atomic E-state index is 13.0. The van der Waals surface area contributed by atoms with Crippen molar-refractivity contribution in [3.63, 3.8) is 0 Å². The van der Waals surface area contributed by atoms with Crippen molar-refractivity contribution < 1.29 is 27.4 Å². The summed E-state index contributed by atoms with van der Waals surface area (Å²) < 4.78 is 43.9. The van der Waals surface area contributed by atoms with Gasteiger partial charge in [-0.3, -0.25) is 4.79 Å². The topological polar surface area (TPSA) is 109 Å². The van der Waals surface area contributed by atoms with E-state index in [-0.39, 0.29) is 43.6 Å². The lowest BCUT2D eigenvalue weighted by atomic mass is 10.2. The molecule has 0 aromatic heterocycles. The smallest absolute Gasteiger partial charge is 0.260 e. The highest BCUT2D eigenvalue weighted by atomic mass is 32.2. The Morgan fingerprint density at radius 1 is 1.00 bits per heavy atom. The minimum Gasteiger partial charge on any atom is -0.486 e. The summed E-state index contributed by atoms with van der Waals surface area (Å²) in [7, 11) is -3.70. The number of carbonyl (C=O) groups is 1. The molecule has 9 nitrogen and oxygen atoms in total. The van der Waals surface area contributed by atoms with Crippen LogP contribution in [0.2, 0.25) is 0 Å². The van der Waals surface area contributed by atoms with Crippen LogP contribution in [0.25, 0.3) is 0 Å². The molecule has 2 aliphatic heterocycles. The molecule has 2 aliphatic rings. The zero-order valence-corrected chi connectivity index (χ0v) is 18.2. The number of fused-ring (bicyclic) bond motifs is 1. The van der Waals surface area contributed by atoms with E-state index in [9.17, 15) is 13.2 Å². The summed E-state index contributed by atoms with van der Waals surface area (Å²) in [5, 5.41) is 8.71. The van der Waals surface area contributed by atoms with Crippen LogP contribution < -0.4 is 14.2 Å². The SMILES string of the molecule is N#CCc1ccc(OCC(=O)N2CCN(S(=O)(=O)c3ccc4c(c3)OCCO4)CC2)cc1. The third-order valence-electron chi connectivity index (χ3n) is 5.31. The summed E-state index contributed by atoms with van der Waals surface area (Å²) in [5.74, 6) is 1.29. The number of rotatable bonds is 6. The Morgan fingerprint density at radius 3 is 2.38 bits per heavy atom. The van der Waals surface area contributed by atoms with E-state index in [4.69, 9.17) is 19.5 Å². The molecule has 168 valence electrons. The van der Waals surface area contributed by atoms with Gasteiger partial charge in [0.25, 0.3) is 5.91 Å². The molecule has 0 unspecified atom stereocenters. The molecular weight excluding hydrogens is 434 g/mol. The van der Waals surface area contributed by atoms with Crippen LogP contribution in [0.4, 0.5) is 0 Å². The molecular formula is C22H23N3O6S. The van der Waals surface area contributed by atoms with E-state index in [2.05, 4.69) is 6.07 Å². The van der Waals surface area contributed by atoms with E-state index in [1.54, 1.807) is 35.2 Å². The van der Waals surface area contributed by atoms with E-state index in [0.717, 1.165) is 5.56 Å². The molecule has 0 aliphatic carbocycles. The fourth-order valence-corrected chi connectivity index (χ4v) is 4.98. The summed E-state index contributed by atoms with van der Waals surface area (Å²) in [4.78, 5) is 14.2. The molecule has 2 aromatic rings.